The zero-order valence-electron chi connectivity index (χ0n) is 73.9. The third-order valence-corrected chi connectivity index (χ3v) is 11.5. The van der Waals surface area contributed by atoms with E-state index in [2.05, 4.69) is 180 Å². The molecule has 0 unspecified atom stereocenters. The zero-order chi connectivity index (χ0) is 118. The SMILES string of the molecule is C=C.C=C.C=C(C)C(=O)OCC(F)(F)OC(F)(F)C(F)(F)OC(F)(F)OC(F)(F)COC(=O)C(C)C.C=C(C)C(=O)OCCNC(=O)OCC(F)(F)OC(F)(F)OC(F)(F)C(F)(F)OC(F)(F)COC(=O)NOC(=O)C(=C)C.C=CC(=O)OCC(F)(F)OC(F)(F)C(F)(F)OC(F)(F)OC(F)(F)COC(=O)CC.C=CC(=O)OCCNC(=O)OCC(F)(F)OC(F)(F)OC(F)(F)C(F)(F)OC(F)(F)COC(=O)NOC(=O)C=C. The molecule has 4 N–H and O–H groups in total. The maximum absolute atomic E-state index is 13.5. The topological polar surface area (TPSA) is 474 Å². The zero-order valence-corrected chi connectivity index (χ0v) is 73.9. The van der Waals surface area contributed by atoms with E-state index in [0.29, 0.717) is 6.08 Å². The first-order chi connectivity index (χ1) is 66.2. The molecule has 0 aliphatic carbocycles. The number of halogens is 40. The molecular weight excluding hydrogens is 2210 g/mol. The molecule has 4 amide bonds. The summed E-state index contributed by atoms with van der Waals surface area (Å²) >= 11 is 0. The van der Waals surface area contributed by atoms with Crippen LogP contribution in [0.2, 0.25) is 0 Å². The van der Waals surface area contributed by atoms with Crippen molar-refractivity contribution in [2.24, 2.45) is 5.92 Å². The summed E-state index contributed by atoms with van der Waals surface area (Å²) in [5, 5.41) is 3.34. The number of amides is 4. The van der Waals surface area contributed by atoms with Crippen LogP contribution in [0.4, 0.5) is 195 Å². The lowest BCUT2D eigenvalue weighted by Crippen LogP contribution is -2.54. The van der Waals surface area contributed by atoms with Crippen molar-refractivity contribution in [3.8, 4) is 0 Å². The van der Waals surface area contributed by atoms with Crippen LogP contribution in [0.3, 0.4) is 0 Å². The van der Waals surface area contributed by atoms with Gasteiger partial charge in [0.2, 0.25) is 0 Å². The Kier molecular flexibility index (Phi) is 59.5. The van der Waals surface area contributed by atoms with Gasteiger partial charge in [0.1, 0.15) is 13.2 Å². The Morgan fingerprint density at radius 2 is 0.480 bits per heavy atom. The number of esters is 6. The molecule has 0 aliphatic rings. The summed E-state index contributed by atoms with van der Waals surface area (Å²) < 4.78 is 599. The molecule has 0 spiro atoms. The van der Waals surface area contributed by atoms with Gasteiger partial charge >= 0.3 is 195 Å². The highest BCUT2D eigenvalue weighted by Gasteiger charge is 2.74. The summed E-state index contributed by atoms with van der Waals surface area (Å²) in [5.74, 6) is -11.4. The van der Waals surface area contributed by atoms with Crippen molar-refractivity contribution in [1.29, 1.82) is 0 Å². The van der Waals surface area contributed by atoms with Crippen molar-refractivity contribution < 1.29 is 347 Å². The van der Waals surface area contributed by atoms with Gasteiger partial charge < -0.3 is 67.7 Å². The Hall–Kier alpha value is -12.5. The van der Waals surface area contributed by atoms with Crippen molar-refractivity contribution in [1.82, 2.24) is 21.6 Å². The standard InChI is InChI=1S/C19H20F10N2O11.C17H16F10N2O11.C15H16F10O7.C13H12F10O7.2C2H4/c1-9(2)11(32)36-6-5-30-13(34)37-8-16(22,23)41-19(28,29)42-18(26,27)17(24,25)40-15(20,21)7-38-14(35)31-39-12(33)10(3)4;1-3-9(30)34-6-5-28-11(32)35-8-14(20,21)39-17(26,27)40-16(24,25)15(22,23)38-13(18,19)7-36-12(33)29-37-10(31)4-2;1-7(2)9(26)28-5-11(16,17)30-13(20,21)14(22,23)32-15(24,25)31-12(18,19)6-29-10(27)8(3)4;1-3-7(24)26-5-9(14,15)28-11(18,19)12(20,21)30-13(22,23)29-10(16,17)6-27-8(25)4-2;2*1-2/h1,3,5-8H2,2,4H3,(H,30,34)(H,31,35);3-4H,1-2,5-8H2,(H,28,32)(H,29,33);8H,1,5-6H2,2-4H3;3H,1,4-6H2,2H3;2*1-2H2. The van der Waals surface area contributed by atoms with E-state index >= 15 is 0 Å². The van der Waals surface area contributed by atoms with Crippen molar-refractivity contribution in [2.45, 2.75) is 171 Å². The van der Waals surface area contributed by atoms with Crippen LogP contribution in [0.25, 0.3) is 0 Å². The highest BCUT2D eigenvalue weighted by atomic mass is 19.4. The minimum Gasteiger partial charge on any atom is -0.461 e. The monoisotopic (exact) mass is 2280 g/mol. The highest BCUT2D eigenvalue weighted by Crippen LogP contribution is 2.50. The van der Waals surface area contributed by atoms with Gasteiger partial charge in [0.15, 0.2) is 52.9 Å². The number of hydrogen-bond acceptors (Lipinski definition) is 36. The van der Waals surface area contributed by atoms with Crippen LogP contribution in [-0.4, -0.2) is 274 Å². The molecule has 0 bridgehead atoms. The number of alkyl carbamates (subject to hydrolysis) is 2. The predicted molar refractivity (Wildman–Crippen MR) is 380 cm³/mol. The Labute approximate surface area is 796 Å². The molecular formula is C68H72F40N4O36. The minimum atomic E-state index is -6.84. The molecule has 0 fully saturated rings. The summed E-state index contributed by atoms with van der Waals surface area (Å²) in [7, 11) is 0. The lowest BCUT2D eigenvalue weighted by Gasteiger charge is -2.31. The van der Waals surface area contributed by atoms with Crippen molar-refractivity contribution in [2.75, 3.05) is 79.2 Å². The van der Waals surface area contributed by atoms with Gasteiger partial charge in [0.05, 0.1) is 19.0 Å². The summed E-state index contributed by atoms with van der Waals surface area (Å²) in [4.78, 5) is 139. The van der Waals surface area contributed by atoms with Gasteiger partial charge in [-0.2, -0.15) is 140 Å². The predicted octanol–water partition coefficient (Wildman–Crippen LogP) is 15.9. The first-order valence-electron chi connectivity index (χ1n) is 36.1. The van der Waals surface area contributed by atoms with E-state index in [9.17, 15) is 233 Å². The van der Waals surface area contributed by atoms with Crippen LogP contribution in [0, 0.1) is 5.92 Å². The molecule has 0 saturated heterocycles. The van der Waals surface area contributed by atoms with Gasteiger partial charge in [0, 0.05) is 41.4 Å². The molecule has 860 valence electrons. The van der Waals surface area contributed by atoms with Crippen molar-refractivity contribution >= 4 is 72.1 Å². The van der Waals surface area contributed by atoms with Gasteiger partial charge in [0.25, 0.3) is 0 Å². The average Bonchev–Trinajstić information content (AvgIpc) is 0.794. The molecule has 148 heavy (non-hydrogen) atoms. The smallest absolute Gasteiger partial charge is 0.461 e. The highest BCUT2D eigenvalue weighted by molar-refractivity contribution is 5.88. The van der Waals surface area contributed by atoms with Crippen molar-refractivity contribution in [3.05, 3.63) is 101 Å². The van der Waals surface area contributed by atoms with Gasteiger partial charge in [-0.15, -0.1) is 72.4 Å². The molecule has 0 rings (SSSR count). The summed E-state index contributed by atoms with van der Waals surface area (Å²) in [6.45, 7) is 14.9. The Bertz CT molecular complexity index is 4360. The van der Waals surface area contributed by atoms with E-state index in [-0.39, 0.29) is 17.2 Å². The second-order valence-corrected chi connectivity index (χ2v) is 24.7. The fourth-order valence-electron chi connectivity index (χ4n) is 5.76. The third-order valence-electron chi connectivity index (χ3n) is 11.5. The summed E-state index contributed by atoms with van der Waals surface area (Å²) in [5.41, 5.74) is 1.21. The number of carbonyl (C=O) groups is 12. The van der Waals surface area contributed by atoms with Gasteiger partial charge in [-0.3, -0.25) is 9.59 Å². The normalized spacial score (nSPS) is 12.8. The molecule has 0 heterocycles. The quantitative estimate of drug-likeness (QED) is 0.00642. The molecule has 0 aromatic rings. The second-order valence-electron chi connectivity index (χ2n) is 24.7. The molecule has 0 aromatic carbocycles. The Morgan fingerprint density at radius 1 is 0.264 bits per heavy atom. The fourth-order valence-corrected chi connectivity index (χ4v) is 5.76. The van der Waals surface area contributed by atoms with Crippen LogP contribution in [-0.2, 0) is 152 Å². The fraction of sp³-hybridized carbons (Fsp3) is 0.588. The molecule has 0 aliphatic heterocycles. The summed E-state index contributed by atoms with van der Waals surface area (Å²) in [6, 6.07) is 0. The second kappa shape index (κ2) is 60.2. The number of hydrogen-bond donors (Lipinski definition) is 4. The molecule has 80 heteroatoms. The van der Waals surface area contributed by atoms with E-state index < -0.39 is 292 Å². The van der Waals surface area contributed by atoms with Crippen LogP contribution in [0.15, 0.2) is 101 Å². The number of alkyl halides is 40. The minimum absolute atomic E-state index is 0.0417. The van der Waals surface area contributed by atoms with Crippen LogP contribution in [0.5, 0.6) is 0 Å². The molecule has 0 saturated carbocycles. The first-order valence-corrected chi connectivity index (χ1v) is 36.1. The van der Waals surface area contributed by atoms with Crippen LogP contribution < -0.4 is 21.6 Å². The lowest BCUT2D eigenvalue weighted by molar-refractivity contribution is -0.566. The van der Waals surface area contributed by atoms with Crippen LogP contribution in [0.1, 0.15) is 48.0 Å². The lowest BCUT2D eigenvalue weighted by atomic mass is 10.2. The van der Waals surface area contributed by atoms with Crippen LogP contribution >= 0.6 is 0 Å². The number of nitrogens with one attached hydrogen (secondary N) is 4. The summed E-state index contributed by atoms with van der Waals surface area (Å²) in [6.07, 6.45) is -129. The number of hydroxylamine groups is 2. The van der Waals surface area contributed by atoms with E-state index in [1.807, 2.05) is 0 Å². The van der Waals surface area contributed by atoms with Gasteiger partial charge in [-0.1, -0.05) is 60.2 Å². The first kappa shape index (κ1) is 146. The maximum Gasteiger partial charge on any atom is 0.495 e. The molecule has 0 radical (unpaired) electrons. The van der Waals surface area contributed by atoms with Gasteiger partial charge in [-0.05, 0) is 20.8 Å². The maximum atomic E-state index is 13.5. The van der Waals surface area contributed by atoms with E-state index in [1.165, 1.54) is 6.92 Å². The average molecular weight is 2280 g/mol. The number of carbonyl (C=O) groups excluding carboxylic acids is 12. The Morgan fingerprint density at radius 3 is 0.743 bits per heavy atom. The molecule has 40 nitrogen and oxygen atoms in total. The third kappa shape index (κ3) is 63.9. The van der Waals surface area contributed by atoms with E-state index in [1.54, 1.807) is 10.6 Å². The van der Waals surface area contributed by atoms with Gasteiger partial charge in [-0.25, -0.2) is 105 Å². The van der Waals surface area contributed by atoms with E-state index in [4.69, 9.17) is 0 Å². The number of ether oxygens (including phenoxy) is 22. The Balaban J connectivity index is -0.000000452. The van der Waals surface area contributed by atoms with E-state index in [0.717, 1.165) is 51.7 Å². The molecule has 0 atom stereocenters. The largest absolute Gasteiger partial charge is 0.495 e. The number of rotatable bonds is 58. The molecule has 0 aromatic heterocycles. The van der Waals surface area contributed by atoms with Crippen molar-refractivity contribution in [3.63, 3.8) is 0 Å².